The molecule has 226 valence electrons. The van der Waals surface area contributed by atoms with Gasteiger partial charge in [0.05, 0.1) is 12.5 Å². The number of rotatable bonds is 15. The molecule has 0 radical (unpaired) electrons. The number of hydrogen-bond donors (Lipinski definition) is 7. The van der Waals surface area contributed by atoms with E-state index in [0.29, 0.717) is 16.7 Å². The molecule has 3 amide bonds. The number of nitrogens with one attached hydrogen (secondary N) is 3. The van der Waals surface area contributed by atoms with E-state index in [1.165, 1.54) is 12.1 Å². The second-order valence-corrected chi connectivity index (χ2v) is 9.98. The molecule has 43 heavy (non-hydrogen) atoms. The number of carboxylic acids is 2. The number of carbonyl (C=O) groups excluding carboxylic acids is 3. The molecule has 0 aromatic heterocycles. The smallest absolute Gasteiger partial charge is 0.326 e. The third-order valence-electron chi connectivity index (χ3n) is 6.55. The number of aromatic hydroxyl groups is 1. The van der Waals surface area contributed by atoms with E-state index < -0.39 is 60.2 Å². The van der Waals surface area contributed by atoms with E-state index in [9.17, 15) is 34.2 Å². The van der Waals surface area contributed by atoms with Crippen molar-refractivity contribution in [3.63, 3.8) is 0 Å². The van der Waals surface area contributed by atoms with Gasteiger partial charge in [0, 0.05) is 12.8 Å². The van der Waals surface area contributed by atoms with Crippen LogP contribution in [0, 0.1) is 0 Å². The molecular weight excluding hydrogens is 556 g/mol. The number of phenolic OH excluding ortho intramolecular Hbond substituents is 1. The zero-order chi connectivity index (χ0) is 31.4. The predicted molar refractivity (Wildman–Crippen MR) is 156 cm³/mol. The van der Waals surface area contributed by atoms with Gasteiger partial charge in [-0.15, -0.1) is 0 Å². The van der Waals surface area contributed by atoms with Crippen molar-refractivity contribution in [2.24, 2.45) is 5.73 Å². The molecule has 3 rings (SSSR count). The van der Waals surface area contributed by atoms with Crippen LogP contribution in [0.3, 0.4) is 0 Å². The first-order chi connectivity index (χ1) is 20.5. The maximum atomic E-state index is 13.6. The van der Waals surface area contributed by atoms with Crippen molar-refractivity contribution in [2.45, 2.75) is 49.9 Å². The normalized spacial score (nSPS) is 13.5. The SMILES string of the molecule is NC(Cc1ccc(O)cc1)C(=O)NC(Cc1ccccc1)C(=O)NC(Cc1ccccc1)C(=O)NC(CC(=O)O)C(=O)O. The fourth-order valence-electron chi connectivity index (χ4n) is 4.29. The highest BCUT2D eigenvalue weighted by Crippen LogP contribution is 2.12. The summed E-state index contributed by atoms with van der Waals surface area (Å²) in [7, 11) is 0. The molecule has 0 saturated carbocycles. The van der Waals surface area contributed by atoms with E-state index >= 15 is 0 Å². The second-order valence-electron chi connectivity index (χ2n) is 9.98. The van der Waals surface area contributed by atoms with Gasteiger partial charge in [-0.2, -0.15) is 0 Å². The maximum absolute atomic E-state index is 13.6. The molecule has 0 aliphatic heterocycles. The van der Waals surface area contributed by atoms with Crippen molar-refractivity contribution in [1.29, 1.82) is 0 Å². The lowest BCUT2D eigenvalue weighted by molar-refractivity contribution is -0.147. The molecule has 8 N–H and O–H groups in total. The molecule has 12 heteroatoms. The summed E-state index contributed by atoms with van der Waals surface area (Å²) in [6, 6.07) is 18.4. The fourth-order valence-corrected chi connectivity index (χ4v) is 4.29. The molecule has 4 atom stereocenters. The largest absolute Gasteiger partial charge is 0.508 e. The number of phenols is 1. The third-order valence-corrected chi connectivity index (χ3v) is 6.55. The summed E-state index contributed by atoms with van der Waals surface area (Å²) >= 11 is 0. The zero-order valence-corrected chi connectivity index (χ0v) is 23.2. The first-order valence-electron chi connectivity index (χ1n) is 13.5. The Kier molecular flexibility index (Phi) is 11.8. The molecule has 0 fully saturated rings. The van der Waals surface area contributed by atoms with Gasteiger partial charge in [-0.1, -0.05) is 72.8 Å². The minimum atomic E-state index is -1.72. The Bertz CT molecular complexity index is 1400. The predicted octanol–water partition coefficient (Wildman–Crippen LogP) is 0.761. The standard InChI is InChI=1S/C31H34N4O8/c32-23(15-21-11-13-22(36)14-12-21)28(39)33-24(16-19-7-3-1-4-8-19)29(40)34-25(17-20-9-5-2-6-10-20)30(41)35-26(31(42)43)18-27(37)38/h1-14,23-26,36H,15-18,32H2,(H,33,39)(H,34,40)(H,35,41)(H,37,38)(H,42,43). The van der Waals surface area contributed by atoms with E-state index in [4.69, 9.17) is 10.8 Å². The Morgan fingerprint density at radius 1 is 0.581 bits per heavy atom. The molecule has 0 aliphatic carbocycles. The highest BCUT2D eigenvalue weighted by molar-refractivity contribution is 5.95. The summed E-state index contributed by atoms with van der Waals surface area (Å²) < 4.78 is 0. The highest BCUT2D eigenvalue weighted by atomic mass is 16.4. The third kappa shape index (κ3) is 10.6. The molecular formula is C31H34N4O8. The highest BCUT2D eigenvalue weighted by Gasteiger charge is 2.31. The van der Waals surface area contributed by atoms with E-state index in [1.54, 1.807) is 72.8 Å². The van der Waals surface area contributed by atoms with Crippen LogP contribution in [0.1, 0.15) is 23.1 Å². The molecule has 4 unspecified atom stereocenters. The van der Waals surface area contributed by atoms with Crippen molar-refractivity contribution >= 4 is 29.7 Å². The molecule has 0 saturated heterocycles. The van der Waals surface area contributed by atoms with Crippen molar-refractivity contribution in [2.75, 3.05) is 0 Å². The van der Waals surface area contributed by atoms with Crippen molar-refractivity contribution in [1.82, 2.24) is 16.0 Å². The molecule has 0 spiro atoms. The number of hydrogen-bond acceptors (Lipinski definition) is 7. The summed E-state index contributed by atoms with van der Waals surface area (Å²) in [5, 5.41) is 35.4. The van der Waals surface area contributed by atoms with Gasteiger partial charge in [0.15, 0.2) is 0 Å². The van der Waals surface area contributed by atoms with Crippen LogP contribution in [0.5, 0.6) is 5.75 Å². The first-order valence-corrected chi connectivity index (χ1v) is 13.5. The van der Waals surface area contributed by atoms with E-state index in [0.717, 1.165) is 0 Å². The number of aliphatic carboxylic acids is 2. The van der Waals surface area contributed by atoms with Gasteiger partial charge in [-0.25, -0.2) is 4.79 Å². The molecule has 0 heterocycles. The number of carbonyl (C=O) groups is 5. The van der Waals surface area contributed by atoms with Gasteiger partial charge in [0.2, 0.25) is 17.7 Å². The molecule has 12 nitrogen and oxygen atoms in total. The zero-order valence-electron chi connectivity index (χ0n) is 23.2. The van der Waals surface area contributed by atoms with Crippen LogP contribution in [0.15, 0.2) is 84.9 Å². The quantitative estimate of drug-likeness (QED) is 0.133. The first kappa shape index (κ1) is 32.3. The molecule has 0 bridgehead atoms. The topological polar surface area (TPSA) is 208 Å². The van der Waals surface area contributed by atoms with Gasteiger partial charge in [0.25, 0.3) is 0 Å². The van der Waals surface area contributed by atoms with Gasteiger partial charge in [-0.3, -0.25) is 19.2 Å². The van der Waals surface area contributed by atoms with Gasteiger partial charge < -0.3 is 37.0 Å². The monoisotopic (exact) mass is 590 g/mol. The van der Waals surface area contributed by atoms with Crippen molar-refractivity contribution in [3.05, 3.63) is 102 Å². The van der Waals surface area contributed by atoms with Crippen molar-refractivity contribution in [3.8, 4) is 5.75 Å². The Morgan fingerprint density at radius 2 is 1.00 bits per heavy atom. The average Bonchev–Trinajstić information content (AvgIpc) is 2.98. The Morgan fingerprint density at radius 3 is 1.44 bits per heavy atom. The summed E-state index contributed by atoms with van der Waals surface area (Å²) in [6.07, 6.45) is -0.714. The number of nitrogens with two attached hydrogens (primary N) is 1. The lowest BCUT2D eigenvalue weighted by Gasteiger charge is -2.25. The Balaban J connectivity index is 1.82. The molecule has 3 aromatic rings. The summed E-state index contributed by atoms with van der Waals surface area (Å²) in [5.41, 5.74) is 8.18. The van der Waals surface area contributed by atoms with Crippen LogP contribution in [-0.4, -0.2) is 69.1 Å². The summed E-state index contributed by atoms with van der Waals surface area (Å²) in [6.45, 7) is 0. The number of carboxylic acid groups (broad SMARTS) is 2. The molecule has 0 aliphatic rings. The van der Waals surface area contributed by atoms with E-state index in [-0.39, 0.29) is 25.0 Å². The fraction of sp³-hybridized carbons (Fsp3) is 0.258. The van der Waals surface area contributed by atoms with Crippen LogP contribution in [0.4, 0.5) is 0 Å². The average molecular weight is 591 g/mol. The lowest BCUT2D eigenvalue weighted by Crippen LogP contribution is -2.58. The van der Waals surface area contributed by atoms with Crippen LogP contribution in [-0.2, 0) is 43.2 Å². The van der Waals surface area contributed by atoms with E-state index in [1.807, 2.05) is 0 Å². The van der Waals surface area contributed by atoms with Crippen molar-refractivity contribution < 1.29 is 39.3 Å². The minimum absolute atomic E-state index is 0.0375. The lowest BCUT2D eigenvalue weighted by atomic mass is 10.0. The minimum Gasteiger partial charge on any atom is -0.508 e. The summed E-state index contributed by atoms with van der Waals surface area (Å²) in [4.78, 5) is 62.6. The van der Waals surface area contributed by atoms with Gasteiger partial charge in [0.1, 0.15) is 23.9 Å². The maximum Gasteiger partial charge on any atom is 0.326 e. The summed E-state index contributed by atoms with van der Waals surface area (Å²) in [5.74, 6) is -5.16. The second kappa shape index (κ2) is 15.7. The van der Waals surface area contributed by atoms with Crippen LogP contribution < -0.4 is 21.7 Å². The Hall–Kier alpha value is -5.23. The van der Waals surface area contributed by atoms with E-state index in [2.05, 4.69) is 16.0 Å². The van der Waals surface area contributed by atoms with Crippen LogP contribution in [0.25, 0.3) is 0 Å². The number of benzene rings is 3. The van der Waals surface area contributed by atoms with Gasteiger partial charge in [-0.05, 0) is 35.2 Å². The van der Waals surface area contributed by atoms with Crippen LogP contribution >= 0.6 is 0 Å². The Labute approximate surface area is 247 Å². The number of amides is 3. The van der Waals surface area contributed by atoms with Crippen LogP contribution in [0.2, 0.25) is 0 Å². The molecule has 3 aromatic carbocycles. The van der Waals surface area contributed by atoms with Gasteiger partial charge >= 0.3 is 11.9 Å².